The predicted octanol–water partition coefficient (Wildman–Crippen LogP) is 3.51. The second kappa shape index (κ2) is 9.36. The lowest BCUT2D eigenvalue weighted by atomic mass is 10.2. The Morgan fingerprint density at radius 2 is 2.14 bits per heavy atom. The van der Waals surface area contributed by atoms with Crippen LogP contribution in [0.3, 0.4) is 0 Å². The maximum absolute atomic E-state index is 5.90. The van der Waals surface area contributed by atoms with Gasteiger partial charge in [0, 0.05) is 25.6 Å². The standard InChI is InChI=1S/C20H27N5O3/c1-5-21-20(22-12-18-23-19(24-28-18)14(3)26-6-2)25(4)13-16-11-15-9-7-8-10-17(15)27-16/h7-11,14H,5-6,12-13H2,1-4H3,(H,21,22). The van der Waals surface area contributed by atoms with Crippen LogP contribution in [-0.4, -0.2) is 41.2 Å². The summed E-state index contributed by atoms with van der Waals surface area (Å²) in [6, 6.07) is 10.0. The van der Waals surface area contributed by atoms with Crippen molar-refractivity contribution in [3.8, 4) is 0 Å². The van der Waals surface area contributed by atoms with Crippen molar-refractivity contribution in [2.45, 2.75) is 40.0 Å². The van der Waals surface area contributed by atoms with Crippen molar-refractivity contribution in [2.75, 3.05) is 20.2 Å². The maximum atomic E-state index is 5.90. The van der Waals surface area contributed by atoms with Crippen LogP contribution in [0.1, 0.15) is 44.4 Å². The lowest BCUT2D eigenvalue weighted by Crippen LogP contribution is -2.38. The molecule has 8 heteroatoms. The molecule has 0 radical (unpaired) electrons. The largest absolute Gasteiger partial charge is 0.459 e. The third kappa shape index (κ3) is 4.89. The normalized spacial score (nSPS) is 13.1. The molecule has 0 aliphatic carbocycles. The van der Waals surface area contributed by atoms with Crippen LogP contribution in [0.2, 0.25) is 0 Å². The second-order valence-electron chi connectivity index (χ2n) is 6.42. The van der Waals surface area contributed by atoms with E-state index in [0.717, 1.165) is 29.2 Å². The lowest BCUT2D eigenvalue weighted by molar-refractivity contribution is 0.0683. The molecule has 0 saturated heterocycles. The maximum Gasteiger partial charge on any atom is 0.248 e. The van der Waals surface area contributed by atoms with Gasteiger partial charge in [-0.3, -0.25) is 0 Å². The summed E-state index contributed by atoms with van der Waals surface area (Å²) in [5, 5.41) is 8.33. The second-order valence-corrected chi connectivity index (χ2v) is 6.42. The first kappa shape index (κ1) is 19.9. The predicted molar refractivity (Wildman–Crippen MR) is 107 cm³/mol. The van der Waals surface area contributed by atoms with Crippen molar-refractivity contribution in [1.29, 1.82) is 0 Å². The Balaban J connectivity index is 1.67. The Bertz CT molecular complexity index is 884. The summed E-state index contributed by atoms with van der Waals surface area (Å²) >= 11 is 0. The van der Waals surface area contributed by atoms with Gasteiger partial charge in [0.1, 0.15) is 24.0 Å². The Hall–Kier alpha value is -2.87. The molecule has 1 aromatic carbocycles. The van der Waals surface area contributed by atoms with E-state index in [-0.39, 0.29) is 6.10 Å². The number of nitrogens with one attached hydrogen (secondary N) is 1. The van der Waals surface area contributed by atoms with E-state index in [1.807, 2.05) is 57.0 Å². The Labute approximate surface area is 164 Å². The summed E-state index contributed by atoms with van der Waals surface area (Å²) in [6.07, 6.45) is -0.199. The molecule has 2 heterocycles. The average Bonchev–Trinajstić information content (AvgIpc) is 3.31. The molecule has 0 aliphatic heterocycles. The van der Waals surface area contributed by atoms with Crippen molar-refractivity contribution in [2.24, 2.45) is 4.99 Å². The van der Waals surface area contributed by atoms with Crippen molar-refractivity contribution in [1.82, 2.24) is 20.4 Å². The highest BCUT2D eigenvalue weighted by Gasteiger charge is 2.15. The number of guanidine groups is 1. The quantitative estimate of drug-likeness (QED) is 0.469. The number of hydrogen-bond donors (Lipinski definition) is 1. The summed E-state index contributed by atoms with van der Waals surface area (Å²) in [7, 11) is 1.96. The number of aromatic nitrogens is 2. The number of nitrogens with zero attached hydrogens (tertiary/aromatic N) is 4. The van der Waals surface area contributed by atoms with Crippen LogP contribution in [0.15, 0.2) is 44.3 Å². The van der Waals surface area contributed by atoms with Crippen LogP contribution in [0.5, 0.6) is 0 Å². The first-order valence-corrected chi connectivity index (χ1v) is 9.51. The molecule has 2 aromatic heterocycles. The van der Waals surface area contributed by atoms with Gasteiger partial charge < -0.3 is 23.9 Å². The molecule has 0 saturated carbocycles. The monoisotopic (exact) mass is 385 g/mol. The zero-order valence-electron chi connectivity index (χ0n) is 16.8. The molecule has 1 N–H and O–H groups in total. The van der Waals surface area contributed by atoms with Gasteiger partial charge in [0.05, 0.1) is 6.54 Å². The number of aliphatic imine (C=N–C) groups is 1. The zero-order chi connectivity index (χ0) is 19.9. The van der Waals surface area contributed by atoms with Crippen LogP contribution < -0.4 is 5.32 Å². The summed E-state index contributed by atoms with van der Waals surface area (Å²) in [4.78, 5) is 11.0. The third-order valence-corrected chi connectivity index (χ3v) is 4.19. The van der Waals surface area contributed by atoms with E-state index in [1.54, 1.807) is 0 Å². The molecule has 0 fully saturated rings. The fourth-order valence-electron chi connectivity index (χ4n) is 2.86. The minimum Gasteiger partial charge on any atom is -0.459 e. The van der Waals surface area contributed by atoms with Gasteiger partial charge in [0.2, 0.25) is 5.89 Å². The van der Waals surface area contributed by atoms with Crippen molar-refractivity contribution in [3.63, 3.8) is 0 Å². The van der Waals surface area contributed by atoms with Gasteiger partial charge in [0.15, 0.2) is 11.8 Å². The minimum atomic E-state index is -0.199. The Kier molecular flexibility index (Phi) is 6.65. The van der Waals surface area contributed by atoms with Crippen LogP contribution in [0.25, 0.3) is 11.0 Å². The smallest absolute Gasteiger partial charge is 0.248 e. The molecule has 1 unspecified atom stereocenters. The van der Waals surface area contributed by atoms with E-state index in [4.69, 9.17) is 13.7 Å². The molecule has 1 atom stereocenters. The molecule has 3 rings (SSSR count). The van der Waals surface area contributed by atoms with Gasteiger partial charge in [-0.1, -0.05) is 23.4 Å². The SMILES string of the molecule is CCNC(=NCc1nc(C(C)OCC)no1)N(C)Cc1cc2ccccc2o1. The number of benzene rings is 1. The van der Waals surface area contributed by atoms with E-state index in [1.165, 1.54) is 0 Å². The highest BCUT2D eigenvalue weighted by atomic mass is 16.5. The van der Waals surface area contributed by atoms with Crippen LogP contribution in [0.4, 0.5) is 0 Å². The highest BCUT2D eigenvalue weighted by molar-refractivity contribution is 5.80. The van der Waals surface area contributed by atoms with Crippen LogP contribution >= 0.6 is 0 Å². The van der Waals surface area contributed by atoms with E-state index in [2.05, 4.69) is 26.5 Å². The average molecular weight is 385 g/mol. The fourth-order valence-corrected chi connectivity index (χ4v) is 2.86. The first-order chi connectivity index (χ1) is 13.6. The fraction of sp³-hybridized carbons (Fsp3) is 0.450. The topological polar surface area (TPSA) is 88.9 Å². The Morgan fingerprint density at radius 3 is 2.89 bits per heavy atom. The molecule has 0 spiro atoms. The van der Waals surface area contributed by atoms with Gasteiger partial charge >= 0.3 is 0 Å². The van der Waals surface area contributed by atoms with Gasteiger partial charge in [-0.25, -0.2) is 4.99 Å². The van der Waals surface area contributed by atoms with E-state index < -0.39 is 0 Å². The number of rotatable bonds is 8. The minimum absolute atomic E-state index is 0.199. The van der Waals surface area contributed by atoms with Crippen molar-refractivity contribution >= 4 is 16.9 Å². The zero-order valence-corrected chi connectivity index (χ0v) is 16.8. The number of furan rings is 1. The van der Waals surface area contributed by atoms with Gasteiger partial charge in [-0.05, 0) is 32.9 Å². The van der Waals surface area contributed by atoms with Crippen molar-refractivity contribution in [3.05, 3.63) is 47.8 Å². The molecule has 3 aromatic rings. The summed E-state index contributed by atoms with van der Waals surface area (Å²) in [5.74, 6) is 2.60. The number of hydrogen-bond acceptors (Lipinski definition) is 6. The van der Waals surface area contributed by atoms with E-state index in [0.29, 0.717) is 31.4 Å². The van der Waals surface area contributed by atoms with Gasteiger partial charge in [-0.15, -0.1) is 0 Å². The lowest BCUT2D eigenvalue weighted by Gasteiger charge is -2.20. The summed E-state index contributed by atoms with van der Waals surface area (Å²) in [6.45, 7) is 8.09. The molecule has 28 heavy (non-hydrogen) atoms. The number of fused-ring (bicyclic) bond motifs is 1. The van der Waals surface area contributed by atoms with Crippen molar-refractivity contribution < 1.29 is 13.7 Å². The molecule has 150 valence electrons. The molecule has 0 aliphatic rings. The van der Waals surface area contributed by atoms with E-state index >= 15 is 0 Å². The first-order valence-electron chi connectivity index (χ1n) is 9.51. The summed E-state index contributed by atoms with van der Waals surface area (Å²) < 4.78 is 16.7. The number of para-hydroxylation sites is 1. The van der Waals surface area contributed by atoms with Gasteiger partial charge in [0.25, 0.3) is 0 Å². The Morgan fingerprint density at radius 1 is 1.32 bits per heavy atom. The molecule has 0 amide bonds. The van der Waals surface area contributed by atoms with Crippen LogP contribution in [0, 0.1) is 0 Å². The third-order valence-electron chi connectivity index (χ3n) is 4.19. The van der Waals surface area contributed by atoms with E-state index in [9.17, 15) is 0 Å². The molecular formula is C20H27N5O3. The molecule has 0 bridgehead atoms. The molecular weight excluding hydrogens is 358 g/mol. The van der Waals surface area contributed by atoms with Gasteiger partial charge in [-0.2, -0.15) is 4.98 Å². The number of ether oxygens (including phenoxy) is 1. The van der Waals surface area contributed by atoms with Crippen LogP contribution in [-0.2, 0) is 17.8 Å². The highest BCUT2D eigenvalue weighted by Crippen LogP contribution is 2.20. The molecule has 8 nitrogen and oxygen atoms in total. The summed E-state index contributed by atoms with van der Waals surface area (Å²) in [5.41, 5.74) is 0.884.